The molecule has 7 nitrogen and oxygen atoms in total. The van der Waals surface area contributed by atoms with Gasteiger partial charge in [-0.2, -0.15) is 0 Å². The van der Waals surface area contributed by atoms with Crippen LogP contribution >= 0.6 is 0 Å². The molecule has 0 radical (unpaired) electrons. The van der Waals surface area contributed by atoms with Gasteiger partial charge in [0.25, 0.3) is 0 Å². The zero-order valence-corrected chi connectivity index (χ0v) is 18.8. The van der Waals surface area contributed by atoms with Crippen LogP contribution in [0.4, 0.5) is 0 Å². The highest BCUT2D eigenvalue weighted by Gasteiger charge is 2.54. The average Bonchev–Trinajstić information content (AvgIpc) is 3.00. The number of ether oxygens (including phenoxy) is 2. The Labute approximate surface area is 185 Å². The monoisotopic (exact) mass is 429 g/mol. The van der Waals surface area contributed by atoms with Gasteiger partial charge in [0.15, 0.2) is 0 Å². The predicted octanol–water partition coefficient (Wildman–Crippen LogP) is 2.42. The van der Waals surface area contributed by atoms with E-state index < -0.39 is 5.41 Å². The van der Waals surface area contributed by atoms with Crippen LogP contribution in [0.5, 0.6) is 0 Å². The van der Waals surface area contributed by atoms with Crippen LogP contribution in [0.15, 0.2) is 18.2 Å². The molecule has 3 aliphatic heterocycles. The van der Waals surface area contributed by atoms with Crippen LogP contribution in [-0.4, -0.2) is 72.7 Å². The summed E-state index contributed by atoms with van der Waals surface area (Å²) >= 11 is 0. The lowest BCUT2D eigenvalue weighted by Gasteiger charge is -2.33. The summed E-state index contributed by atoms with van der Waals surface area (Å²) in [5.74, 6) is 0.280. The van der Waals surface area contributed by atoms with Crippen LogP contribution in [-0.2, 0) is 25.6 Å². The van der Waals surface area contributed by atoms with Gasteiger partial charge in [-0.15, -0.1) is 0 Å². The molecule has 2 atom stereocenters. The molecule has 170 valence electrons. The first kappa shape index (κ1) is 22.2. The van der Waals surface area contributed by atoms with Gasteiger partial charge >= 0.3 is 5.97 Å². The smallest absolute Gasteiger partial charge is 0.313 e. The number of fused-ring (bicyclic) bond motifs is 1. The second-order valence-electron chi connectivity index (χ2n) is 9.29. The number of hydrogen-bond acceptors (Lipinski definition) is 6. The molecule has 4 rings (SSSR count). The SMILES string of the molecule is CCOC(=O)[C@]12CCCN(C(=O)C3CCOCC3)C[C@H]1CN(Cc1cccc(C)n1)C2. The van der Waals surface area contributed by atoms with E-state index in [1.807, 2.05) is 36.9 Å². The molecule has 0 bridgehead atoms. The molecule has 0 aromatic carbocycles. The van der Waals surface area contributed by atoms with Crippen molar-refractivity contribution in [3.63, 3.8) is 0 Å². The van der Waals surface area contributed by atoms with Crippen molar-refractivity contribution in [2.45, 2.75) is 46.1 Å². The molecule has 1 aromatic heterocycles. The molecule has 0 N–H and O–H groups in total. The molecule has 3 fully saturated rings. The number of aryl methyl sites for hydroxylation is 1. The maximum Gasteiger partial charge on any atom is 0.313 e. The Morgan fingerprint density at radius 1 is 1.26 bits per heavy atom. The number of hydrogen-bond donors (Lipinski definition) is 0. The van der Waals surface area contributed by atoms with Gasteiger partial charge < -0.3 is 14.4 Å². The number of amides is 1. The Bertz CT molecular complexity index is 795. The van der Waals surface area contributed by atoms with E-state index in [4.69, 9.17) is 9.47 Å². The second kappa shape index (κ2) is 9.65. The second-order valence-corrected chi connectivity index (χ2v) is 9.29. The lowest BCUT2D eigenvalue weighted by Crippen LogP contribution is -2.45. The highest BCUT2D eigenvalue weighted by molar-refractivity contribution is 5.80. The maximum atomic E-state index is 13.2. The lowest BCUT2D eigenvalue weighted by atomic mass is 9.75. The van der Waals surface area contributed by atoms with Crippen LogP contribution < -0.4 is 0 Å². The number of carbonyl (C=O) groups excluding carboxylic acids is 2. The highest BCUT2D eigenvalue weighted by atomic mass is 16.5. The van der Waals surface area contributed by atoms with E-state index in [1.165, 1.54) is 0 Å². The Balaban J connectivity index is 1.52. The van der Waals surface area contributed by atoms with Gasteiger partial charge in [-0.1, -0.05) is 6.07 Å². The van der Waals surface area contributed by atoms with Gasteiger partial charge in [-0.3, -0.25) is 19.5 Å². The van der Waals surface area contributed by atoms with E-state index in [0.29, 0.717) is 39.5 Å². The van der Waals surface area contributed by atoms with E-state index in [9.17, 15) is 9.59 Å². The third-order valence-corrected chi connectivity index (χ3v) is 7.15. The van der Waals surface area contributed by atoms with Gasteiger partial charge in [0, 0.05) is 63.5 Å². The van der Waals surface area contributed by atoms with E-state index in [-0.39, 0.29) is 23.7 Å². The maximum absolute atomic E-state index is 13.2. The molecule has 4 heterocycles. The van der Waals surface area contributed by atoms with Crippen molar-refractivity contribution < 1.29 is 19.1 Å². The normalized spacial score (nSPS) is 27.5. The molecule has 1 amide bonds. The summed E-state index contributed by atoms with van der Waals surface area (Å²) in [6, 6.07) is 6.07. The van der Waals surface area contributed by atoms with Crippen molar-refractivity contribution in [1.82, 2.24) is 14.8 Å². The van der Waals surface area contributed by atoms with E-state index in [0.717, 1.165) is 50.2 Å². The molecule has 31 heavy (non-hydrogen) atoms. The van der Waals surface area contributed by atoms with Crippen LogP contribution in [0.1, 0.15) is 44.0 Å². The van der Waals surface area contributed by atoms with Crippen molar-refractivity contribution in [1.29, 1.82) is 0 Å². The van der Waals surface area contributed by atoms with Crippen molar-refractivity contribution in [3.8, 4) is 0 Å². The number of nitrogens with zero attached hydrogens (tertiary/aromatic N) is 3. The first-order valence-electron chi connectivity index (χ1n) is 11.7. The largest absolute Gasteiger partial charge is 0.466 e. The fourth-order valence-electron chi connectivity index (χ4n) is 5.59. The summed E-state index contributed by atoms with van der Waals surface area (Å²) in [5.41, 5.74) is 1.48. The number of aromatic nitrogens is 1. The molecule has 0 unspecified atom stereocenters. The minimum absolute atomic E-state index is 0.0536. The minimum Gasteiger partial charge on any atom is -0.466 e. The van der Waals surface area contributed by atoms with Crippen LogP contribution in [0.2, 0.25) is 0 Å². The molecule has 7 heteroatoms. The summed E-state index contributed by atoms with van der Waals surface area (Å²) in [4.78, 5) is 35.4. The van der Waals surface area contributed by atoms with E-state index in [2.05, 4.69) is 9.88 Å². The number of carbonyl (C=O) groups is 2. The van der Waals surface area contributed by atoms with Crippen LogP contribution in [0.25, 0.3) is 0 Å². The van der Waals surface area contributed by atoms with E-state index >= 15 is 0 Å². The van der Waals surface area contributed by atoms with Gasteiger partial charge in [0.1, 0.15) is 0 Å². The fourth-order valence-corrected chi connectivity index (χ4v) is 5.59. The van der Waals surface area contributed by atoms with E-state index in [1.54, 1.807) is 0 Å². The van der Waals surface area contributed by atoms with Crippen molar-refractivity contribution in [2.75, 3.05) is 46.0 Å². The molecule has 0 spiro atoms. The number of esters is 1. The molecule has 1 aromatic rings. The quantitative estimate of drug-likeness (QED) is 0.670. The molecule has 3 aliphatic rings. The summed E-state index contributed by atoms with van der Waals surface area (Å²) in [5, 5.41) is 0. The topological polar surface area (TPSA) is 72.0 Å². The van der Waals surface area contributed by atoms with Gasteiger partial charge in [0.05, 0.1) is 17.7 Å². The fraction of sp³-hybridized carbons (Fsp3) is 0.708. The molecular formula is C24H35N3O4. The summed E-state index contributed by atoms with van der Waals surface area (Å²) in [6.07, 6.45) is 3.20. The van der Waals surface area contributed by atoms with Gasteiger partial charge in [0.2, 0.25) is 5.91 Å². The highest BCUT2D eigenvalue weighted by Crippen LogP contribution is 2.44. The van der Waals surface area contributed by atoms with Crippen LogP contribution in [0, 0.1) is 24.2 Å². The zero-order valence-electron chi connectivity index (χ0n) is 18.8. The lowest BCUT2D eigenvalue weighted by molar-refractivity contribution is -0.158. The first-order valence-corrected chi connectivity index (χ1v) is 11.7. The third kappa shape index (κ3) is 4.77. The minimum atomic E-state index is -0.537. The number of rotatable bonds is 5. The number of likely N-dealkylation sites (tertiary alicyclic amines) is 2. The Morgan fingerprint density at radius 3 is 2.81 bits per heavy atom. The summed E-state index contributed by atoms with van der Waals surface area (Å²) in [6.45, 7) is 9.11. The van der Waals surface area contributed by atoms with Gasteiger partial charge in [-0.05, 0) is 51.7 Å². The Kier molecular flexibility index (Phi) is 6.92. The molecule has 0 aliphatic carbocycles. The molecule has 3 saturated heterocycles. The Hall–Kier alpha value is -1.99. The number of pyridine rings is 1. The van der Waals surface area contributed by atoms with Gasteiger partial charge in [-0.25, -0.2) is 0 Å². The Morgan fingerprint density at radius 2 is 2.06 bits per heavy atom. The molecule has 0 saturated carbocycles. The standard InChI is InChI=1S/C24H35N3O4/c1-3-31-23(29)24-10-5-11-27(22(28)19-8-12-30-13-9-19)15-20(24)14-26(17-24)16-21-7-4-6-18(2)25-21/h4,6-7,19-20H,3,5,8-17H2,1-2H3/t20-,24+/m1/s1. The van der Waals surface area contributed by atoms with Crippen molar-refractivity contribution >= 4 is 11.9 Å². The first-order chi connectivity index (χ1) is 15.0. The predicted molar refractivity (Wildman–Crippen MR) is 116 cm³/mol. The third-order valence-electron chi connectivity index (χ3n) is 7.15. The average molecular weight is 430 g/mol. The summed E-state index contributed by atoms with van der Waals surface area (Å²) in [7, 11) is 0. The summed E-state index contributed by atoms with van der Waals surface area (Å²) < 4.78 is 11.0. The molecular weight excluding hydrogens is 394 g/mol. The van der Waals surface area contributed by atoms with Crippen molar-refractivity contribution in [2.24, 2.45) is 17.3 Å². The van der Waals surface area contributed by atoms with Crippen molar-refractivity contribution in [3.05, 3.63) is 29.6 Å². The van der Waals surface area contributed by atoms with Crippen LogP contribution in [0.3, 0.4) is 0 Å². The zero-order chi connectivity index (χ0) is 21.8.